The lowest BCUT2D eigenvalue weighted by Crippen LogP contribution is -2.26. The van der Waals surface area contributed by atoms with Gasteiger partial charge in [0, 0.05) is 29.3 Å². The van der Waals surface area contributed by atoms with Crippen LogP contribution in [0.15, 0.2) is 30.1 Å². The van der Waals surface area contributed by atoms with Gasteiger partial charge in [-0.3, -0.25) is 30.3 Å². The van der Waals surface area contributed by atoms with E-state index in [1.54, 1.807) is 0 Å². The molecule has 17 nitrogen and oxygen atoms in total. The highest BCUT2D eigenvalue weighted by molar-refractivity contribution is 5.72. The first-order valence-electron chi connectivity index (χ1n) is 9.79. The van der Waals surface area contributed by atoms with E-state index >= 15 is 0 Å². The quantitative estimate of drug-likeness (QED) is 0.280. The van der Waals surface area contributed by atoms with Gasteiger partial charge in [0.25, 0.3) is 11.4 Å². The number of aromatic hydroxyl groups is 3. The Labute approximate surface area is 199 Å². The maximum atomic E-state index is 11.8. The summed E-state index contributed by atoms with van der Waals surface area (Å²) in [5.41, 5.74) is -2.71. The Morgan fingerprint density at radius 3 is 2.14 bits per heavy atom. The molecule has 0 radical (unpaired) electrons. The topological polar surface area (TPSA) is 242 Å². The number of nitrogens with zero attached hydrogens (tertiary/aromatic N) is 6. The second-order valence-corrected chi connectivity index (χ2v) is 7.44. The number of rotatable bonds is 6. The molecule has 0 amide bonds. The fourth-order valence-electron chi connectivity index (χ4n) is 3.73. The van der Waals surface area contributed by atoms with Gasteiger partial charge in [0.1, 0.15) is 17.2 Å². The minimum Gasteiger partial charge on any atom is -0.507 e. The molecule has 17 heteroatoms. The number of allylic oxidation sites excluding steroid dienone is 1. The van der Waals surface area contributed by atoms with Crippen LogP contribution in [0.2, 0.25) is 0 Å². The van der Waals surface area contributed by atoms with E-state index < -0.39 is 60.9 Å². The van der Waals surface area contributed by atoms with Gasteiger partial charge >= 0.3 is 11.4 Å². The molecular formula is C19H15N7O10. The van der Waals surface area contributed by atoms with E-state index in [2.05, 4.69) is 15.4 Å². The molecule has 36 heavy (non-hydrogen) atoms. The molecule has 1 unspecified atom stereocenters. The first-order valence-corrected chi connectivity index (χ1v) is 9.79. The van der Waals surface area contributed by atoms with Gasteiger partial charge in [-0.25, -0.2) is 4.68 Å². The summed E-state index contributed by atoms with van der Waals surface area (Å²) in [6.45, 7) is 1.31. The molecule has 3 aromatic rings. The van der Waals surface area contributed by atoms with E-state index in [1.165, 1.54) is 6.92 Å². The van der Waals surface area contributed by atoms with E-state index in [1.807, 2.05) is 0 Å². The first-order chi connectivity index (χ1) is 17.0. The van der Waals surface area contributed by atoms with Crippen molar-refractivity contribution in [2.75, 3.05) is 12.4 Å². The maximum Gasteiger partial charge on any atom is 0.319 e. The fraction of sp³-hybridized carbons (Fsp3) is 0.158. The molecule has 2 aromatic carbocycles. The predicted molar refractivity (Wildman–Crippen MR) is 118 cm³/mol. The van der Waals surface area contributed by atoms with Gasteiger partial charge in [0.2, 0.25) is 5.95 Å². The number of nitro benzene ring substituents is 2. The van der Waals surface area contributed by atoms with Gasteiger partial charge in [-0.05, 0) is 6.92 Å². The third-order valence-corrected chi connectivity index (χ3v) is 5.44. The van der Waals surface area contributed by atoms with Crippen molar-refractivity contribution in [1.82, 2.24) is 14.8 Å². The molecule has 0 saturated carbocycles. The van der Waals surface area contributed by atoms with Crippen molar-refractivity contribution >= 4 is 17.3 Å². The van der Waals surface area contributed by atoms with Crippen molar-refractivity contribution in [3.63, 3.8) is 0 Å². The molecular weight excluding hydrogens is 486 g/mol. The van der Waals surface area contributed by atoms with Crippen LogP contribution in [0.25, 0.3) is 11.4 Å². The summed E-state index contributed by atoms with van der Waals surface area (Å²) in [7, 11) is 1.03. The lowest BCUT2D eigenvalue weighted by atomic mass is 9.98. The third kappa shape index (κ3) is 3.59. The molecule has 1 aromatic heterocycles. The lowest BCUT2D eigenvalue weighted by molar-refractivity contribution is -0.431. The number of ether oxygens (including phenoxy) is 1. The van der Waals surface area contributed by atoms with Gasteiger partial charge in [-0.15, -0.1) is 5.10 Å². The Balaban J connectivity index is 1.96. The van der Waals surface area contributed by atoms with E-state index in [4.69, 9.17) is 4.74 Å². The molecule has 4 N–H and O–H groups in total. The van der Waals surface area contributed by atoms with Gasteiger partial charge in [-0.1, -0.05) is 0 Å². The fourth-order valence-corrected chi connectivity index (χ4v) is 3.73. The van der Waals surface area contributed by atoms with Crippen LogP contribution < -0.4 is 10.1 Å². The number of phenolic OH excluding ortho intramolecular Hbond substituents is 3. The molecule has 0 fully saturated rings. The Hall–Kier alpha value is -5.48. The van der Waals surface area contributed by atoms with Crippen LogP contribution in [0.1, 0.15) is 17.2 Å². The number of nitro groups is 3. The van der Waals surface area contributed by atoms with E-state index in [9.17, 15) is 45.7 Å². The monoisotopic (exact) mass is 501 g/mol. The van der Waals surface area contributed by atoms with Crippen LogP contribution in [0, 0.1) is 37.3 Å². The highest BCUT2D eigenvalue weighted by Crippen LogP contribution is 2.46. The lowest BCUT2D eigenvalue weighted by Gasteiger charge is -2.23. The average Bonchev–Trinajstić information content (AvgIpc) is 3.26. The molecule has 186 valence electrons. The number of anilines is 1. The summed E-state index contributed by atoms with van der Waals surface area (Å²) in [5, 5.41) is 72.3. The van der Waals surface area contributed by atoms with Crippen molar-refractivity contribution in [2.45, 2.75) is 13.0 Å². The zero-order valence-corrected chi connectivity index (χ0v) is 18.3. The predicted octanol–water partition coefficient (Wildman–Crippen LogP) is 2.33. The number of hydrogen-bond donors (Lipinski definition) is 4. The third-order valence-electron chi connectivity index (χ3n) is 5.44. The number of methoxy groups -OCH3 is 1. The van der Waals surface area contributed by atoms with E-state index in [0.29, 0.717) is 0 Å². The summed E-state index contributed by atoms with van der Waals surface area (Å²) in [6, 6.07) is 1.19. The summed E-state index contributed by atoms with van der Waals surface area (Å²) >= 11 is 0. The maximum absolute atomic E-state index is 11.8. The van der Waals surface area contributed by atoms with Gasteiger partial charge in [-0.2, -0.15) is 4.98 Å². The number of hydrogen-bond acceptors (Lipinski definition) is 13. The minimum absolute atomic E-state index is 0.0766. The normalized spacial score (nSPS) is 14.4. The van der Waals surface area contributed by atoms with Crippen molar-refractivity contribution in [2.24, 2.45) is 0 Å². The SMILES string of the molecule is COc1c([N+](=O)[O-])cc(-c2nc3n(n2)C(c2c(O)cc(O)c(C)c2O)C([N+](=O)[O-])=CN3)cc1[N+](=O)[O-]. The van der Waals surface area contributed by atoms with Crippen molar-refractivity contribution in [1.29, 1.82) is 0 Å². The largest absolute Gasteiger partial charge is 0.507 e. The Kier molecular flexibility index (Phi) is 5.51. The summed E-state index contributed by atoms with van der Waals surface area (Å²) < 4.78 is 5.75. The van der Waals surface area contributed by atoms with Crippen LogP contribution in [-0.4, -0.2) is 52.0 Å². The molecule has 0 spiro atoms. The molecule has 0 aliphatic carbocycles. The Morgan fingerprint density at radius 1 is 1.00 bits per heavy atom. The van der Waals surface area contributed by atoms with Crippen LogP contribution in [-0.2, 0) is 0 Å². The number of phenols is 3. The Morgan fingerprint density at radius 2 is 1.61 bits per heavy atom. The molecule has 1 aliphatic heterocycles. The zero-order valence-electron chi connectivity index (χ0n) is 18.3. The van der Waals surface area contributed by atoms with Crippen molar-refractivity contribution < 1.29 is 34.8 Å². The second-order valence-electron chi connectivity index (χ2n) is 7.44. The van der Waals surface area contributed by atoms with Crippen LogP contribution in [0.3, 0.4) is 0 Å². The first kappa shape index (κ1) is 23.7. The summed E-state index contributed by atoms with van der Waals surface area (Å²) in [4.78, 5) is 36.3. The number of fused-ring (bicyclic) bond motifs is 1. The molecule has 2 heterocycles. The highest BCUT2D eigenvalue weighted by Gasteiger charge is 2.40. The zero-order chi connectivity index (χ0) is 26.5. The van der Waals surface area contributed by atoms with Crippen LogP contribution >= 0.6 is 0 Å². The number of nitrogens with one attached hydrogen (secondary N) is 1. The molecule has 4 rings (SSSR count). The van der Waals surface area contributed by atoms with Crippen molar-refractivity contribution in [3.8, 4) is 34.4 Å². The van der Waals surface area contributed by atoms with Crippen molar-refractivity contribution in [3.05, 3.63) is 71.6 Å². The number of benzene rings is 2. The number of aromatic nitrogens is 3. The van der Waals surface area contributed by atoms with Gasteiger partial charge < -0.3 is 25.4 Å². The molecule has 0 saturated heterocycles. The standard InChI is InChI=1S/C19H15N7O10/c1-7-12(27)5-13(28)14(16(7)29)15-11(26(34)35)6-20-19-21-18(22-23(15)19)8-3-9(24(30)31)17(36-2)10(4-8)25(32)33/h3-6,15,27-29H,1-2H3,(H,20,21,22). The molecule has 0 bridgehead atoms. The van der Waals surface area contributed by atoms with Gasteiger partial charge in [0.15, 0.2) is 11.9 Å². The molecule has 1 atom stereocenters. The second kappa shape index (κ2) is 8.38. The van der Waals surface area contributed by atoms with E-state index in [-0.39, 0.29) is 28.5 Å². The van der Waals surface area contributed by atoms with Gasteiger partial charge in [0.05, 0.1) is 33.6 Å². The minimum atomic E-state index is -1.57. The Bertz CT molecular complexity index is 1460. The molecule has 1 aliphatic rings. The average molecular weight is 501 g/mol. The van der Waals surface area contributed by atoms with E-state index in [0.717, 1.165) is 36.2 Å². The smallest absolute Gasteiger partial charge is 0.319 e. The summed E-state index contributed by atoms with van der Waals surface area (Å²) in [6.07, 6.45) is 0.943. The van der Waals surface area contributed by atoms with Crippen LogP contribution in [0.4, 0.5) is 17.3 Å². The highest BCUT2D eigenvalue weighted by atomic mass is 16.6. The summed E-state index contributed by atoms with van der Waals surface area (Å²) in [5.74, 6) is -2.85. The van der Waals surface area contributed by atoms with Crippen LogP contribution in [0.5, 0.6) is 23.0 Å².